The molecule has 0 aliphatic heterocycles. The van der Waals surface area contributed by atoms with E-state index in [1.165, 1.54) is 11.3 Å². The quantitative estimate of drug-likeness (QED) is 0.739. The summed E-state index contributed by atoms with van der Waals surface area (Å²) >= 11 is 1.52. The number of hydrogen-bond donors (Lipinski definition) is 2. The van der Waals surface area contributed by atoms with Gasteiger partial charge in [0.25, 0.3) is 0 Å². The average molecular weight is 392 g/mol. The topological polar surface area (TPSA) is 80.7 Å². The summed E-state index contributed by atoms with van der Waals surface area (Å²) in [5.41, 5.74) is -0.245. The second-order valence-electron chi connectivity index (χ2n) is 8.62. The third-order valence-corrected chi connectivity index (χ3v) is 5.37. The van der Waals surface area contributed by atoms with Crippen LogP contribution >= 0.6 is 11.3 Å². The van der Waals surface area contributed by atoms with E-state index in [0.29, 0.717) is 14.0 Å². The van der Waals surface area contributed by atoms with Crippen LogP contribution in [0.2, 0.25) is 0 Å². The second kappa shape index (κ2) is 7.77. The zero-order valence-electron chi connectivity index (χ0n) is 17.2. The standard InChI is InChI=1S/C19H29BN2O4S/c1-17(2,3)25-16(23)21-11-15-22-13-9-8-12(10-14(13)27-15)20-26-19(6,7)18(4,5)24/h8-10,20,24H,11H2,1-7H3,(H,21,23). The van der Waals surface area contributed by atoms with Crippen LogP contribution in [0, 0.1) is 0 Å². The van der Waals surface area contributed by atoms with Crippen molar-refractivity contribution in [3.63, 3.8) is 0 Å². The normalized spacial score (nSPS) is 12.9. The van der Waals surface area contributed by atoms with E-state index in [2.05, 4.69) is 10.3 Å². The first kappa shape index (κ1) is 21.7. The van der Waals surface area contributed by atoms with Gasteiger partial charge in [0.05, 0.1) is 28.0 Å². The minimum absolute atomic E-state index is 0.325. The summed E-state index contributed by atoms with van der Waals surface area (Å²) in [7, 11) is 0.399. The van der Waals surface area contributed by atoms with Gasteiger partial charge < -0.3 is 19.8 Å². The highest BCUT2D eigenvalue weighted by Crippen LogP contribution is 2.25. The lowest BCUT2D eigenvalue weighted by molar-refractivity contribution is -0.0893. The van der Waals surface area contributed by atoms with Gasteiger partial charge in [-0.3, -0.25) is 0 Å². The molecule has 8 heteroatoms. The molecule has 1 aromatic carbocycles. The summed E-state index contributed by atoms with van der Waals surface area (Å²) in [4.78, 5) is 16.3. The maximum Gasteiger partial charge on any atom is 0.408 e. The molecule has 6 nitrogen and oxygen atoms in total. The smallest absolute Gasteiger partial charge is 0.408 e. The van der Waals surface area contributed by atoms with Crippen molar-refractivity contribution in [1.82, 2.24) is 10.3 Å². The van der Waals surface area contributed by atoms with Gasteiger partial charge in [0, 0.05) is 0 Å². The number of thiazole rings is 1. The van der Waals surface area contributed by atoms with Crippen molar-refractivity contribution in [3.05, 3.63) is 23.2 Å². The second-order valence-corrected chi connectivity index (χ2v) is 9.74. The molecule has 2 aromatic rings. The molecular formula is C19H29BN2O4S. The number of nitrogens with one attached hydrogen (secondary N) is 1. The fraction of sp³-hybridized carbons (Fsp3) is 0.579. The van der Waals surface area contributed by atoms with E-state index in [1.807, 2.05) is 52.8 Å². The molecule has 0 unspecified atom stereocenters. The highest BCUT2D eigenvalue weighted by atomic mass is 32.1. The first-order chi connectivity index (χ1) is 12.3. The predicted octanol–water partition coefficient (Wildman–Crippen LogP) is 2.86. The van der Waals surface area contributed by atoms with Crippen LogP contribution in [0.25, 0.3) is 10.2 Å². The number of amides is 1. The third kappa shape index (κ3) is 6.19. The Morgan fingerprint density at radius 1 is 1.22 bits per heavy atom. The van der Waals surface area contributed by atoms with Crippen LogP contribution in [0.5, 0.6) is 0 Å². The van der Waals surface area contributed by atoms with Crippen LogP contribution < -0.4 is 10.8 Å². The Morgan fingerprint density at radius 3 is 2.48 bits per heavy atom. The maximum absolute atomic E-state index is 11.8. The first-order valence-electron chi connectivity index (χ1n) is 8.98. The number of carbonyl (C=O) groups is 1. The molecule has 1 aromatic heterocycles. The van der Waals surface area contributed by atoms with Crippen molar-refractivity contribution < 1.29 is 19.3 Å². The van der Waals surface area contributed by atoms with Gasteiger partial charge in [-0.25, -0.2) is 9.78 Å². The van der Waals surface area contributed by atoms with Crippen LogP contribution in [-0.2, 0) is 15.9 Å². The molecule has 0 atom stereocenters. The molecule has 0 spiro atoms. The van der Waals surface area contributed by atoms with E-state index in [9.17, 15) is 9.90 Å². The van der Waals surface area contributed by atoms with Gasteiger partial charge in [-0.05, 0) is 60.6 Å². The Balaban J connectivity index is 2.01. The Morgan fingerprint density at radius 2 is 1.89 bits per heavy atom. The van der Waals surface area contributed by atoms with Gasteiger partial charge in [-0.2, -0.15) is 0 Å². The molecule has 1 amide bonds. The molecule has 0 fully saturated rings. The number of fused-ring (bicyclic) bond motifs is 1. The molecule has 0 saturated heterocycles. The average Bonchev–Trinajstić information content (AvgIpc) is 2.90. The Hall–Kier alpha value is -1.64. The minimum atomic E-state index is -0.942. The molecule has 0 saturated carbocycles. The molecule has 2 N–H and O–H groups in total. The number of carbonyl (C=O) groups excluding carboxylic acids is 1. The monoisotopic (exact) mass is 392 g/mol. The number of aromatic nitrogens is 1. The highest BCUT2D eigenvalue weighted by molar-refractivity contribution is 7.18. The number of benzene rings is 1. The largest absolute Gasteiger partial charge is 0.444 e. The summed E-state index contributed by atoms with van der Waals surface area (Å²) in [6, 6.07) is 5.94. The molecule has 0 aliphatic carbocycles. The van der Waals surface area contributed by atoms with Gasteiger partial charge in [-0.1, -0.05) is 11.5 Å². The van der Waals surface area contributed by atoms with Gasteiger partial charge in [0.15, 0.2) is 0 Å². The number of rotatable bonds is 6. The van der Waals surface area contributed by atoms with Crippen LogP contribution in [0.15, 0.2) is 18.2 Å². The molecule has 0 bridgehead atoms. The van der Waals surface area contributed by atoms with Gasteiger partial charge in [-0.15, -0.1) is 11.3 Å². The predicted molar refractivity (Wildman–Crippen MR) is 111 cm³/mol. The number of nitrogens with zero attached hydrogens (tertiary/aromatic N) is 1. The Labute approximate surface area is 165 Å². The summed E-state index contributed by atoms with van der Waals surface area (Å²) < 4.78 is 12.2. The Bertz CT molecular complexity index is 806. The zero-order valence-corrected chi connectivity index (χ0v) is 18.0. The summed E-state index contributed by atoms with van der Waals surface area (Å²) in [5.74, 6) is 0. The van der Waals surface area contributed by atoms with Crippen molar-refractivity contribution in [3.8, 4) is 0 Å². The zero-order chi connectivity index (χ0) is 20.5. The first-order valence-corrected chi connectivity index (χ1v) is 9.80. The summed E-state index contributed by atoms with van der Waals surface area (Å²) in [6.07, 6.45) is -0.454. The van der Waals surface area contributed by atoms with Gasteiger partial charge in [0.2, 0.25) is 0 Å². The van der Waals surface area contributed by atoms with Crippen molar-refractivity contribution in [1.29, 1.82) is 0 Å². The molecule has 148 valence electrons. The highest BCUT2D eigenvalue weighted by Gasteiger charge is 2.35. The Kier molecular flexibility index (Phi) is 6.24. The van der Waals surface area contributed by atoms with Gasteiger partial charge in [0.1, 0.15) is 10.6 Å². The van der Waals surface area contributed by atoms with E-state index < -0.39 is 22.9 Å². The number of ether oxygens (including phenoxy) is 1. The number of hydrogen-bond acceptors (Lipinski definition) is 6. The fourth-order valence-electron chi connectivity index (χ4n) is 2.08. The number of alkyl carbamates (subject to hydrolysis) is 1. The lowest BCUT2D eigenvalue weighted by Crippen LogP contribution is -2.49. The van der Waals surface area contributed by atoms with E-state index in [0.717, 1.165) is 20.7 Å². The van der Waals surface area contributed by atoms with Crippen molar-refractivity contribution in [2.24, 2.45) is 0 Å². The fourth-order valence-corrected chi connectivity index (χ4v) is 3.06. The van der Waals surface area contributed by atoms with Crippen LogP contribution in [0.4, 0.5) is 4.79 Å². The van der Waals surface area contributed by atoms with E-state index in [1.54, 1.807) is 13.8 Å². The lowest BCUT2D eigenvalue weighted by Gasteiger charge is -2.37. The lowest BCUT2D eigenvalue weighted by atomic mass is 9.82. The summed E-state index contributed by atoms with van der Waals surface area (Å²) in [6.45, 7) is 13.0. The maximum atomic E-state index is 11.8. The van der Waals surface area contributed by atoms with Gasteiger partial charge >= 0.3 is 13.6 Å². The molecule has 2 rings (SSSR count). The van der Waals surface area contributed by atoms with Crippen LogP contribution in [0.3, 0.4) is 0 Å². The summed E-state index contributed by atoms with van der Waals surface area (Å²) in [5, 5.41) is 13.7. The van der Waals surface area contributed by atoms with E-state index in [4.69, 9.17) is 9.39 Å². The molecule has 27 heavy (non-hydrogen) atoms. The molecular weight excluding hydrogens is 363 g/mol. The van der Waals surface area contributed by atoms with E-state index >= 15 is 0 Å². The minimum Gasteiger partial charge on any atom is -0.444 e. The van der Waals surface area contributed by atoms with Crippen molar-refractivity contribution in [2.75, 3.05) is 0 Å². The third-order valence-electron chi connectivity index (χ3n) is 4.35. The SMILES string of the molecule is CC(C)(C)OC(=O)NCc1nc2ccc(BOC(C)(C)C(C)(C)O)cc2s1. The molecule has 0 radical (unpaired) electrons. The van der Waals surface area contributed by atoms with Crippen LogP contribution in [-0.4, -0.2) is 40.5 Å². The van der Waals surface area contributed by atoms with Crippen LogP contribution in [0.1, 0.15) is 53.5 Å². The van der Waals surface area contributed by atoms with Crippen molar-refractivity contribution in [2.45, 2.75) is 71.8 Å². The molecule has 0 aliphatic rings. The molecule has 1 heterocycles. The number of aliphatic hydroxyl groups is 1. The van der Waals surface area contributed by atoms with Crippen molar-refractivity contribution >= 4 is 40.6 Å². The van der Waals surface area contributed by atoms with E-state index in [-0.39, 0.29) is 0 Å².